The smallest absolute Gasteiger partial charge is 0.133 e. The van der Waals surface area contributed by atoms with Crippen LogP contribution in [0.1, 0.15) is 47.6 Å². The standard InChI is InChI=1S/C15H17NO2/c1-10-7-8-13(18-10)15(17)12-6-2-4-11-5-3-9-16-14(11)12/h3,5,7-9,12,15,17H,2,4,6H2,1H3. The summed E-state index contributed by atoms with van der Waals surface area (Å²) in [6.07, 6.45) is 4.33. The Bertz CT molecular complexity index is 547. The zero-order valence-corrected chi connectivity index (χ0v) is 10.5. The summed E-state index contributed by atoms with van der Waals surface area (Å²) in [6, 6.07) is 7.82. The van der Waals surface area contributed by atoms with Gasteiger partial charge in [-0.2, -0.15) is 0 Å². The molecule has 0 fully saturated rings. The summed E-state index contributed by atoms with van der Waals surface area (Å²) in [5, 5.41) is 10.5. The number of aliphatic hydroxyl groups excluding tert-OH is 1. The Kier molecular flexibility index (Phi) is 2.92. The van der Waals surface area contributed by atoms with Crippen molar-refractivity contribution in [2.45, 2.75) is 38.2 Å². The molecular weight excluding hydrogens is 226 g/mol. The minimum atomic E-state index is -0.590. The number of aromatic nitrogens is 1. The quantitative estimate of drug-likeness (QED) is 0.881. The first-order valence-electron chi connectivity index (χ1n) is 6.44. The number of fused-ring (bicyclic) bond motifs is 1. The van der Waals surface area contributed by atoms with Crippen LogP contribution >= 0.6 is 0 Å². The van der Waals surface area contributed by atoms with Gasteiger partial charge in [0.05, 0.1) is 0 Å². The fraction of sp³-hybridized carbons (Fsp3) is 0.400. The normalized spacial score (nSPS) is 20.4. The minimum absolute atomic E-state index is 0.0560. The lowest BCUT2D eigenvalue weighted by molar-refractivity contribution is 0.109. The molecule has 1 aliphatic rings. The molecular formula is C15H17NO2. The maximum Gasteiger partial charge on any atom is 0.133 e. The van der Waals surface area contributed by atoms with E-state index in [0.29, 0.717) is 5.76 Å². The molecule has 2 unspecified atom stereocenters. The number of pyridine rings is 1. The van der Waals surface area contributed by atoms with Gasteiger partial charge in [0.1, 0.15) is 17.6 Å². The van der Waals surface area contributed by atoms with Crippen molar-refractivity contribution in [3.63, 3.8) is 0 Å². The second kappa shape index (κ2) is 4.58. The SMILES string of the molecule is Cc1ccc(C(O)C2CCCc3cccnc32)o1. The lowest BCUT2D eigenvalue weighted by Gasteiger charge is -2.27. The van der Waals surface area contributed by atoms with E-state index in [1.165, 1.54) is 5.56 Å². The molecule has 1 aliphatic carbocycles. The van der Waals surface area contributed by atoms with E-state index in [2.05, 4.69) is 11.1 Å². The van der Waals surface area contributed by atoms with E-state index in [1.807, 2.05) is 25.1 Å². The van der Waals surface area contributed by atoms with Gasteiger partial charge in [-0.05, 0) is 49.9 Å². The van der Waals surface area contributed by atoms with Crippen molar-refractivity contribution in [3.8, 4) is 0 Å². The van der Waals surface area contributed by atoms with Crippen molar-refractivity contribution in [2.75, 3.05) is 0 Å². The summed E-state index contributed by atoms with van der Waals surface area (Å²) in [7, 11) is 0. The van der Waals surface area contributed by atoms with E-state index in [1.54, 1.807) is 6.20 Å². The highest BCUT2D eigenvalue weighted by Gasteiger charge is 2.30. The summed E-state index contributed by atoms with van der Waals surface area (Å²) in [5.74, 6) is 1.54. The molecule has 0 saturated heterocycles. The number of nitrogens with zero attached hydrogens (tertiary/aromatic N) is 1. The van der Waals surface area contributed by atoms with Crippen LogP contribution < -0.4 is 0 Å². The van der Waals surface area contributed by atoms with Crippen molar-refractivity contribution in [3.05, 3.63) is 53.2 Å². The Labute approximate surface area is 106 Å². The molecule has 94 valence electrons. The van der Waals surface area contributed by atoms with E-state index < -0.39 is 6.10 Å². The first-order chi connectivity index (χ1) is 8.75. The largest absolute Gasteiger partial charge is 0.464 e. The summed E-state index contributed by atoms with van der Waals surface area (Å²) >= 11 is 0. The average molecular weight is 243 g/mol. The maximum absolute atomic E-state index is 10.5. The Hall–Kier alpha value is -1.61. The monoisotopic (exact) mass is 243 g/mol. The molecule has 0 saturated carbocycles. The molecule has 0 radical (unpaired) electrons. The predicted molar refractivity (Wildman–Crippen MR) is 68.3 cm³/mol. The van der Waals surface area contributed by atoms with Crippen LogP contribution in [0.5, 0.6) is 0 Å². The highest BCUT2D eigenvalue weighted by molar-refractivity contribution is 5.28. The van der Waals surface area contributed by atoms with Gasteiger partial charge in [-0.25, -0.2) is 0 Å². The number of hydrogen-bond donors (Lipinski definition) is 1. The van der Waals surface area contributed by atoms with Crippen molar-refractivity contribution >= 4 is 0 Å². The Morgan fingerprint density at radius 1 is 1.39 bits per heavy atom. The number of furan rings is 1. The van der Waals surface area contributed by atoms with Crippen molar-refractivity contribution in [1.29, 1.82) is 0 Å². The molecule has 18 heavy (non-hydrogen) atoms. The van der Waals surface area contributed by atoms with Gasteiger partial charge in [0.15, 0.2) is 0 Å². The number of aryl methyl sites for hydroxylation is 2. The third-order valence-electron chi connectivity index (χ3n) is 3.67. The molecule has 0 amide bonds. The van der Waals surface area contributed by atoms with Crippen LogP contribution in [0.4, 0.5) is 0 Å². The molecule has 2 aromatic rings. The zero-order chi connectivity index (χ0) is 12.5. The van der Waals surface area contributed by atoms with Gasteiger partial charge in [0, 0.05) is 17.8 Å². The molecule has 3 nitrogen and oxygen atoms in total. The molecule has 0 aromatic carbocycles. The molecule has 0 bridgehead atoms. The fourth-order valence-electron chi connectivity index (χ4n) is 2.76. The second-order valence-corrected chi connectivity index (χ2v) is 4.94. The molecule has 1 N–H and O–H groups in total. The van der Waals surface area contributed by atoms with Crippen molar-refractivity contribution in [2.24, 2.45) is 0 Å². The average Bonchev–Trinajstić information content (AvgIpc) is 2.84. The summed E-state index contributed by atoms with van der Waals surface area (Å²) in [5.41, 5.74) is 2.29. The van der Waals surface area contributed by atoms with Crippen molar-refractivity contribution < 1.29 is 9.52 Å². The van der Waals surface area contributed by atoms with Crippen LogP contribution in [0, 0.1) is 6.92 Å². The molecule has 0 spiro atoms. The van der Waals surface area contributed by atoms with E-state index >= 15 is 0 Å². The van der Waals surface area contributed by atoms with Gasteiger partial charge in [0.25, 0.3) is 0 Å². The van der Waals surface area contributed by atoms with E-state index in [0.717, 1.165) is 30.7 Å². The Morgan fingerprint density at radius 3 is 3.06 bits per heavy atom. The zero-order valence-electron chi connectivity index (χ0n) is 10.5. The summed E-state index contributed by atoms with van der Waals surface area (Å²) in [6.45, 7) is 1.89. The molecule has 0 aliphatic heterocycles. The van der Waals surface area contributed by atoms with Crippen molar-refractivity contribution in [1.82, 2.24) is 4.98 Å². The Balaban J connectivity index is 1.94. The third-order valence-corrected chi connectivity index (χ3v) is 3.67. The van der Waals surface area contributed by atoms with Gasteiger partial charge in [0.2, 0.25) is 0 Å². The number of hydrogen-bond acceptors (Lipinski definition) is 3. The highest BCUT2D eigenvalue weighted by atomic mass is 16.4. The highest BCUT2D eigenvalue weighted by Crippen LogP contribution is 2.39. The first-order valence-corrected chi connectivity index (χ1v) is 6.44. The second-order valence-electron chi connectivity index (χ2n) is 4.94. The topological polar surface area (TPSA) is 46.3 Å². The molecule has 2 aromatic heterocycles. The third kappa shape index (κ3) is 1.95. The van der Waals surface area contributed by atoms with Gasteiger partial charge < -0.3 is 9.52 Å². The molecule has 3 rings (SSSR count). The van der Waals surface area contributed by atoms with E-state index in [9.17, 15) is 5.11 Å². The fourth-order valence-corrected chi connectivity index (χ4v) is 2.76. The summed E-state index contributed by atoms with van der Waals surface area (Å²) in [4.78, 5) is 4.45. The van der Waals surface area contributed by atoms with Gasteiger partial charge in [-0.3, -0.25) is 4.98 Å². The number of aliphatic hydroxyl groups is 1. The number of rotatable bonds is 2. The van der Waals surface area contributed by atoms with Crippen LogP contribution in [0.3, 0.4) is 0 Å². The van der Waals surface area contributed by atoms with Crippen LogP contribution in [0.25, 0.3) is 0 Å². The predicted octanol–water partition coefficient (Wildman–Crippen LogP) is 3.14. The maximum atomic E-state index is 10.5. The minimum Gasteiger partial charge on any atom is -0.464 e. The van der Waals surface area contributed by atoms with Crippen LogP contribution in [-0.4, -0.2) is 10.1 Å². The first kappa shape index (κ1) is 11.5. The van der Waals surface area contributed by atoms with Crippen LogP contribution in [0.2, 0.25) is 0 Å². The Morgan fingerprint density at radius 2 is 2.28 bits per heavy atom. The van der Waals surface area contributed by atoms with E-state index in [-0.39, 0.29) is 5.92 Å². The van der Waals surface area contributed by atoms with Gasteiger partial charge >= 0.3 is 0 Å². The van der Waals surface area contributed by atoms with Crippen LogP contribution in [-0.2, 0) is 6.42 Å². The van der Waals surface area contributed by atoms with Crippen LogP contribution in [0.15, 0.2) is 34.9 Å². The van der Waals surface area contributed by atoms with Gasteiger partial charge in [-0.1, -0.05) is 6.07 Å². The molecule has 2 heterocycles. The molecule has 3 heteroatoms. The lowest BCUT2D eigenvalue weighted by Crippen LogP contribution is -2.18. The van der Waals surface area contributed by atoms with Gasteiger partial charge in [-0.15, -0.1) is 0 Å². The summed E-state index contributed by atoms with van der Waals surface area (Å²) < 4.78 is 5.54. The molecule has 2 atom stereocenters. The lowest BCUT2D eigenvalue weighted by atomic mass is 9.82. The van der Waals surface area contributed by atoms with E-state index in [4.69, 9.17) is 4.42 Å².